The van der Waals surface area contributed by atoms with Gasteiger partial charge in [-0.1, -0.05) is 19.1 Å². The molecule has 1 aromatic carbocycles. The summed E-state index contributed by atoms with van der Waals surface area (Å²) in [4.78, 5) is 12.9. The largest absolute Gasteiger partial charge is 0.481 e. The monoisotopic (exact) mass is 233 g/mol. The lowest BCUT2D eigenvalue weighted by atomic mass is 9.94. The molecule has 0 radical (unpaired) electrons. The van der Waals surface area contributed by atoms with E-state index < -0.39 is 5.97 Å². The molecule has 0 aromatic heterocycles. The van der Waals surface area contributed by atoms with Crippen molar-refractivity contribution < 1.29 is 9.90 Å². The van der Waals surface area contributed by atoms with E-state index in [4.69, 9.17) is 5.11 Å². The minimum Gasteiger partial charge on any atom is -0.481 e. The summed E-state index contributed by atoms with van der Waals surface area (Å²) in [7, 11) is 2.07. The Morgan fingerprint density at radius 2 is 2.29 bits per heavy atom. The molecule has 1 N–H and O–H groups in total. The lowest BCUT2D eigenvalue weighted by Crippen LogP contribution is -2.15. The van der Waals surface area contributed by atoms with Crippen molar-refractivity contribution in [1.29, 1.82) is 0 Å². The number of hydrogen-bond acceptors (Lipinski definition) is 2. The van der Waals surface area contributed by atoms with Gasteiger partial charge >= 0.3 is 5.97 Å². The molecular formula is C14H19NO2. The first-order chi connectivity index (χ1) is 8.11. The summed E-state index contributed by atoms with van der Waals surface area (Å²) in [5.41, 5.74) is 3.92. The Hall–Kier alpha value is -1.51. The molecule has 1 aliphatic heterocycles. The van der Waals surface area contributed by atoms with Crippen LogP contribution in [0.25, 0.3) is 0 Å². The minimum atomic E-state index is -0.701. The second-order valence-corrected chi connectivity index (χ2v) is 4.76. The molecule has 1 unspecified atom stereocenters. The SMILES string of the molecule is CCc1ccc2c(c1)C(CCC(=O)O)CN2C. The highest BCUT2D eigenvalue weighted by Gasteiger charge is 2.26. The number of fused-ring (bicyclic) bond motifs is 1. The number of anilines is 1. The second kappa shape index (κ2) is 4.78. The van der Waals surface area contributed by atoms with Crippen LogP contribution in [0.4, 0.5) is 5.69 Å². The quantitative estimate of drug-likeness (QED) is 0.869. The van der Waals surface area contributed by atoms with Gasteiger partial charge in [0, 0.05) is 31.6 Å². The molecule has 0 spiro atoms. The highest BCUT2D eigenvalue weighted by Crippen LogP contribution is 2.38. The van der Waals surface area contributed by atoms with Crippen LogP contribution in [0, 0.1) is 0 Å². The van der Waals surface area contributed by atoms with Gasteiger partial charge in [-0.2, -0.15) is 0 Å². The van der Waals surface area contributed by atoms with Crippen LogP contribution in [-0.4, -0.2) is 24.7 Å². The van der Waals surface area contributed by atoms with E-state index in [1.165, 1.54) is 16.8 Å². The number of likely N-dealkylation sites (N-methyl/N-ethyl adjacent to an activating group) is 1. The summed E-state index contributed by atoms with van der Waals surface area (Å²) < 4.78 is 0. The van der Waals surface area contributed by atoms with Gasteiger partial charge in [0.05, 0.1) is 0 Å². The fourth-order valence-corrected chi connectivity index (χ4v) is 2.57. The summed E-state index contributed by atoms with van der Waals surface area (Å²) in [6.07, 6.45) is 2.02. The molecule has 0 amide bonds. The zero-order chi connectivity index (χ0) is 12.4. The lowest BCUT2D eigenvalue weighted by molar-refractivity contribution is -0.137. The number of carboxylic acid groups (broad SMARTS) is 1. The summed E-state index contributed by atoms with van der Waals surface area (Å²) >= 11 is 0. The average Bonchev–Trinajstić information content (AvgIpc) is 2.63. The molecule has 0 bridgehead atoms. The van der Waals surface area contributed by atoms with E-state index in [1.807, 2.05) is 0 Å². The fraction of sp³-hybridized carbons (Fsp3) is 0.500. The number of nitrogens with zero attached hydrogens (tertiary/aromatic N) is 1. The summed E-state index contributed by atoms with van der Waals surface area (Å²) in [5.74, 6) is -0.328. The van der Waals surface area contributed by atoms with Gasteiger partial charge < -0.3 is 10.0 Å². The van der Waals surface area contributed by atoms with E-state index in [0.29, 0.717) is 5.92 Å². The maximum absolute atomic E-state index is 10.7. The molecule has 1 heterocycles. The molecule has 0 saturated carbocycles. The zero-order valence-corrected chi connectivity index (χ0v) is 10.4. The number of hydrogen-bond donors (Lipinski definition) is 1. The van der Waals surface area contributed by atoms with E-state index in [2.05, 4.69) is 37.1 Å². The van der Waals surface area contributed by atoms with Crippen molar-refractivity contribution in [1.82, 2.24) is 0 Å². The maximum Gasteiger partial charge on any atom is 0.303 e. The van der Waals surface area contributed by atoms with Crippen LogP contribution in [0.5, 0.6) is 0 Å². The third-order valence-corrected chi connectivity index (χ3v) is 3.55. The molecule has 0 aliphatic carbocycles. The minimum absolute atomic E-state index is 0.258. The van der Waals surface area contributed by atoms with E-state index in [-0.39, 0.29) is 6.42 Å². The predicted molar refractivity (Wildman–Crippen MR) is 68.7 cm³/mol. The first-order valence-electron chi connectivity index (χ1n) is 6.17. The van der Waals surface area contributed by atoms with Gasteiger partial charge in [0.1, 0.15) is 0 Å². The Morgan fingerprint density at radius 3 is 2.94 bits per heavy atom. The lowest BCUT2D eigenvalue weighted by Gasteiger charge is -2.12. The number of aryl methyl sites for hydroxylation is 1. The van der Waals surface area contributed by atoms with Crippen molar-refractivity contribution in [2.24, 2.45) is 0 Å². The highest BCUT2D eigenvalue weighted by atomic mass is 16.4. The Morgan fingerprint density at radius 1 is 1.53 bits per heavy atom. The third kappa shape index (κ3) is 2.43. The number of aliphatic carboxylic acids is 1. The molecule has 1 aliphatic rings. The van der Waals surface area contributed by atoms with Gasteiger partial charge in [0.15, 0.2) is 0 Å². The normalized spacial score (nSPS) is 18.2. The van der Waals surface area contributed by atoms with E-state index >= 15 is 0 Å². The third-order valence-electron chi connectivity index (χ3n) is 3.55. The molecule has 0 fully saturated rings. The first-order valence-corrected chi connectivity index (χ1v) is 6.17. The standard InChI is InChI=1S/C14H19NO2/c1-3-10-4-6-13-12(8-10)11(9-15(13)2)5-7-14(16)17/h4,6,8,11H,3,5,7,9H2,1-2H3,(H,16,17). The Kier molecular flexibility index (Phi) is 3.36. The summed E-state index contributed by atoms with van der Waals surface area (Å²) in [6, 6.07) is 6.56. The predicted octanol–water partition coefficient (Wildman–Crippen LogP) is 2.65. The van der Waals surface area contributed by atoms with Crippen LogP contribution in [0.1, 0.15) is 36.8 Å². The molecule has 0 saturated heterocycles. The molecule has 1 atom stereocenters. The van der Waals surface area contributed by atoms with Crippen molar-refractivity contribution in [3.05, 3.63) is 29.3 Å². The highest BCUT2D eigenvalue weighted by molar-refractivity contribution is 5.67. The van der Waals surface area contributed by atoms with Crippen LogP contribution in [0.2, 0.25) is 0 Å². The maximum atomic E-state index is 10.7. The van der Waals surface area contributed by atoms with Gasteiger partial charge in [-0.15, -0.1) is 0 Å². The number of carbonyl (C=O) groups is 1. The smallest absolute Gasteiger partial charge is 0.303 e. The molecular weight excluding hydrogens is 214 g/mol. The van der Waals surface area contributed by atoms with Crippen LogP contribution in [0.15, 0.2) is 18.2 Å². The van der Waals surface area contributed by atoms with Crippen LogP contribution >= 0.6 is 0 Å². The van der Waals surface area contributed by atoms with Crippen molar-refractivity contribution >= 4 is 11.7 Å². The molecule has 3 heteroatoms. The van der Waals surface area contributed by atoms with E-state index in [0.717, 1.165) is 19.4 Å². The van der Waals surface area contributed by atoms with Crippen LogP contribution in [0.3, 0.4) is 0 Å². The summed E-state index contributed by atoms with van der Waals surface area (Å²) in [5, 5.41) is 8.77. The molecule has 17 heavy (non-hydrogen) atoms. The van der Waals surface area contributed by atoms with Crippen LogP contribution < -0.4 is 4.90 Å². The van der Waals surface area contributed by atoms with Gasteiger partial charge in [-0.05, 0) is 30.0 Å². The zero-order valence-electron chi connectivity index (χ0n) is 10.4. The van der Waals surface area contributed by atoms with Gasteiger partial charge in [-0.3, -0.25) is 4.79 Å². The van der Waals surface area contributed by atoms with Crippen molar-refractivity contribution in [3.63, 3.8) is 0 Å². The number of benzene rings is 1. The Balaban J connectivity index is 2.21. The van der Waals surface area contributed by atoms with Gasteiger partial charge in [0.2, 0.25) is 0 Å². The van der Waals surface area contributed by atoms with Crippen LogP contribution in [-0.2, 0) is 11.2 Å². The fourth-order valence-electron chi connectivity index (χ4n) is 2.57. The molecule has 92 valence electrons. The van der Waals surface area contributed by atoms with Crippen molar-refractivity contribution in [2.75, 3.05) is 18.5 Å². The van der Waals surface area contributed by atoms with Crippen molar-refractivity contribution in [3.8, 4) is 0 Å². The second-order valence-electron chi connectivity index (χ2n) is 4.76. The Bertz CT molecular complexity index is 428. The molecule has 1 aromatic rings. The van der Waals surface area contributed by atoms with Gasteiger partial charge in [0.25, 0.3) is 0 Å². The Labute approximate surface area is 102 Å². The number of carboxylic acids is 1. The van der Waals surface area contributed by atoms with Gasteiger partial charge in [-0.25, -0.2) is 0 Å². The number of rotatable bonds is 4. The molecule has 2 rings (SSSR count). The van der Waals surface area contributed by atoms with E-state index in [1.54, 1.807) is 0 Å². The van der Waals surface area contributed by atoms with Crippen molar-refractivity contribution in [2.45, 2.75) is 32.1 Å². The average molecular weight is 233 g/mol. The summed E-state index contributed by atoms with van der Waals surface area (Å²) in [6.45, 7) is 3.09. The topological polar surface area (TPSA) is 40.5 Å². The first kappa shape index (κ1) is 12.0. The van der Waals surface area contributed by atoms with E-state index in [9.17, 15) is 4.79 Å². The molecule has 3 nitrogen and oxygen atoms in total.